The Morgan fingerprint density at radius 3 is 2.76 bits per heavy atom. The van der Waals surface area contributed by atoms with Crippen molar-refractivity contribution >= 4 is 6.21 Å². The molecular formula is C15H17NO. The van der Waals surface area contributed by atoms with Gasteiger partial charge in [-0.25, -0.2) is 0 Å². The minimum atomic E-state index is -0.262. The van der Waals surface area contributed by atoms with Gasteiger partial charge in [0.1, 0.15) is 0 Å². The number of rotatable bonds is 1. The van der Waals surface area contributed by atoms with Crippen LogP contribution in [0.3, 0.4) is 0 Å². The zero-order valence-electron chi connectivity index (χ0n) is 9.74. The molecule has 17 heavy (non-hydrogen) atoms. The predicted octanol–water partition coefficient (Wildman–Crippen LogP) is 2.55. The van der Waals surface area contributed by atoms with E-state index < -0.39 is 0 Å². The Bertz CT molecular complexity index is 437. The number of fused-ring (bicyclic) bond motifs is 1. The van der Waals surface area contributed by atoms with Gasteiger partial charge in [0, 0.05) is 18.1 Å². The molecule has 2 heteroatoms. The van der Waals surface area contributed by atoms with Crippen LogP contribution in [0.2, 0.25) is 0 Å². The van der Waals surface area contributed by atoms with Crippen molar-refractivity contribution < 1.29 is 5.11 Å². The summed E-state index contributed by atoms with van der Waals surface area (Å²) in [5.41, 5.74) is 1.21. The van der Waals surface area contributed by atoms with E-state index in [1.807, 2.05) is 30.5 Å². The quantitative estimate of drug-likeness (QED) is 0.785. The first-order valence-corrected chi connectivity index (χ1v) is 6.29. The summed E-state index contributed by atoms with van der Waals surface area (Å²) in [5, 5.41) is 10.3. The lowest BCUT2D eigenvalue weighted by Gasteiger charge is -2.39. The van der Waals surface area contributed by atoms with Crippen LogP contribution >= 0.6 is 0 Å². The summed E-state index contributed by atoms with van der Waals surface area (Å²) in [6, 6.07) is 10.5. The van der Waals surface area contributed by atoms with Crippen LogP contribution in [0.5, 0.6) is 0 Å². The molecule has 1 N–H and O–H groups in total. The molecule has 2 nitrogen and oxygen atoms in total. The molecule has 0 aromatic heterocycles. The van der Waals surface area contributed by atoms with Crippen LogP contribution in [0.1, 0.15) is 24.3 Å². The lowest BCUT2D eigenvalue weighted by Crippen LogP contribution is -2.39. The molecule has 2 aliphatic rings. The average molecular weight is 227 g/mol. The Balaban J connectivity index is 1.95. The van der Waals surface area contributed by atoms with Gasteiger partial charge in [0.2, 0.25) is 0 Å². The second-order valence-corrected chi connectivity index (χ2v) is 4.92. The summed E-state index contributed by atoms with van der Waals surface area (Å²) in [7, 11) is 0. The molecule has 0 bridgehead atoms. The number of hydrogen-bond donors (Lipinski definition) is 1. The van der Waals surface area contributed by atoms with Gasteiger partial charge < -0.3 is 5.11 Å². The summed E-state index contributed by atoms with van der Waals surface area (Å²) < 4.78 is 0. The van der Waals surface area contributed by atoms with Crippen LogP contribution < -0.4 is 0 Å². The standard InChI is InChI=1S/C15H17NO/c17-13-9-8-12-7-4-10-16-15(12)14(13)11-5-2-1-3-6-11/h1-7,10,12-15,17H,8-9H2/t12?,13-,14+,15?/m0/s1. The Morgan fingerprint density at radius 1 is 1.12 bits per heavy atom. The molecule has 3 rings (SSSR count). The van der Waals surface area contributed by atoms with Crippen molar-refractivity contribution in [2.24, 2.45) is 10.9 Å². The first kappa shape index (κ1) is 10.7. The maximum absolute atomic E-state index is 10.3. The monoisotopic (exact) mass is 227 g/mol. The third kappa shape index (κ3) is 1.93. The van der Waals surface area contributed by atoms with Crippen molar-refractivity contribution in [1.29, 1.82) is 0 Å². The maximum Gasteiger partial charge on any atom is 0.0655 e. The number of benzene rings is 1. The number of aliphatic imine (C=N–C) groups is 1. The molecule has 0 radical (unpaired) electrons. The lowest BCUT2D eigenvalue weighted by atomic mass is 9.71. The molecule has 0 spiro atoms. The van der Waals surface area contributed by atoms with Crippen molar-refractivity contribution in [1.82, 2.24) is 0 Å². The fourth-order valence-corrected chi connectivity index (χ4v) is 3.06. The zero-order valence-corrected chi connectivity index (χ0v) is 9.74. The molecule has 1 aliphatic heterocycles. The largest absolute Gasteiger partial charge is 0.392 e. The number of hydrogen-bond acceptors (Lipinski definition) is 2. The second-order valence-electron chi connectivity index (χ2n) is 4.92. The first-order chi connectivity index (χ1) is 8.36. The third-order valence-electron chi connectivity index (χ3n) is 3.90. The highest BCUT2D eigenvalue weighted by atomic mass is 16.3. The van der Waals surface area contributed by atoms with Gasteiger partial charge in [-0.1, -0.05) is 36.4 Å². The Labute approximate surface area is 102 Å². The molecule has 0 saturated heterocycles. The van der Waals surface area contributed by atoms with Crippen molar-refractivity contribution in [2.75, 3.05) is 0 Å². The molecule has 1 saturated carbocycles. The van der Waals surface area contributed by atoms with Gasteiger partial charge in [-0.3, -0.25) is 4.99 Å². The van der Waals surface area contributed by atoms with Gasteiger partial charge in [0.25, 0.3) is 0 Å². The molecule has 1 heterocycles. The van der Waals surface area contributed by atoms with Gasteiger partial charge >= 0.3 is 0 Å². The Hall–Kier alpha value is -1.41. The fraction of sp³-hybridized carbons (Fsp3) is 0.400. The van der Waals surface area contributed by atoms with Crippen LogP contribution in [-0.4, -0.2) is 23.5 Å². The van der Waals surface area contributed by atoms with Crippen LogP contribution in [0, 0.1) is 5.92 Å². The molecule has 1 fully saturated rings. The molecule has 1 aromatic rings. The Morgan fingerprint density at radius 2 is 1.94 bits per heavy atom. The van der Waals surface area contributed by atoms with E-state index in [0.29, 0.717) is 5.92 Å². The SMILES string of the molecule is O[C@H]1CCC2C=CC=NC2[C@@H]1c1ccccc1. The van der Waals surface area contributed by atoms with Gasteiger partial charge in [-0.2, -0.15) is 0 Å². The summed E-state index contributed by atoms with van der Waals surface area (Å²) in [6.45, 7) is 0. The van der Waals surface area contributed by atoms with Crippen LogP contribution in [0.25, 0.3) is 0 Å². The van der Waals surface area contributed by atoms with Crippen LogP contribution in [0.15, 0.2) is 47.5 Å². The van der Waals surface area contributed by atoms with E-state index in [1.165, 1.54) is 5.56 Å². The molecule has 0 amide bonds. The highest BCUT2D eigenvalue weighted by Gasteiger charge is 2.38. The van der Waals surface area contributed by atoms with Gasteiger partial charge in [0.05, 0.1) is 12.1 Å². The summed E-state index contributed by atoms with van der Waals surface area (Å²) in [5.74, 6) is 0.643. The number of nitrogens with zero attached hydrogens (tertiary/aromatic N) is 1. The van der Waals surface area contributed by atoms with E-state index in [9.17, 15) is 5.11 Å². The molecule has 1 aliphatic carbocycles. The van der Waals surface area contributed by atoms with Gasteiger partial charge in [-0.15, -0.1) is 0 Å². The van der Waals surface area contributed by atoms with Crippen molar-refractivity contribution in [3.05, 3.63) is 48.0 Å². The average Bonchev–Trinajstić information content (AvgIpc) is 2.39. The summed E-state index contributed by atoms with van der Waals surface area (Å²) in [6.07, 6.45) is 7.79. The normalized spacial score (nSPS) is 35.6. The predicted molar refractivity (Wildman–Crippen MR) is 69.3 cm³/mol. The highest BCUT2D eigenvalue weighted by molar-refractivity contribution is 5.72. The number of dihydropyridines is 1. The Kier molecular flexibility index (Phi) is 2.81. The summed E-state index contributed by atoms with van der Waals surface area (Å²) in [4.78, 5) is 4.59. The summed E-state index contributed by atoms with van der Waals surface area (Å²) >= 11 is 0. The highest BCUT2D eigenvalue weighted by Crippen LogP contribution is 2.40. The zero-order chi connectivity index (χ0) is 11.7. The first-order valence-electron chi connectivity index (χ1n) is 6.29. The number of aliphatic hydroxyl groups excluding tert-OH is 1. The van der Waals surface area contributed by atoms with Crippen molar-refractivity contribution in [2.45, 2.75) is 30.9 Å². The molecule has 2 unspecified atom stereocenters. The van der Waals surface area contributed by atoms with E-state index in [1.54, 1.807) is 0 Å². The van der Waals surface area contributed by atoms with Crippen molar-refractivity contribution in [3.8, 4) is 0 Å². The number of allylic oxidation sites excluding steroid dienone is 1. The van der Waals surface area contributed by atoms with Gasteiger partial charge in [-0.05, 0) is 24.5 Å². The van der Waals surface area contributed by atoms with Crippen LogP contribution in [0.4, 0.5) is 0 Å². The van der Waals surface area contributed by atoms with E-state index in [-0.39, 0.29) is 18.1 Å². The van der Waals surface area contributed by atoms with Crippen molar-refractivity contribution in [3.63, 3.8) is 0 Å². The van der Waals surface area contributed by atoms with E-state index in [4.69, 9.17) is 0 Å². The van der Waals surface area contributed by atoms with Gasteiger partial charge in [0.15, 0.2) is 0 Å². The fourth-order valence-electron chi connectivity index (χ4n) is 3.06. The molecule has 1 aromatic carbocycles. The van der Waals surface area contributed by atoms with E-state index >= 15 is 0 Å². The van der Waals surface area contributed by atoms with E-state index in [2.05, 4.69) is 23.2 Å². The third-order valence-corrected chi connectivity index (χ3v) is 3.90. The molecule has 4 atom stereocenters. The lowest BCUT2D eigenvalue weighted by molar-refractivity contribution is 0.0805. The van der Waals surface area contributed by atoms with Crippen LogP contribution in [-0.2, 0) is 0 Å². The molecular weight excluding hydrogens is 210 g/mol. The minimum absolute atomic E-state index is 0.149. The minimum Gasteiger partial charge on any atom is -0.392 e. The topological polar surface area (TPSA) is 32.6 Å². The smallest absolute Gasteiger partial charge is 0.0655 e. The molecule has 88 valence electrons. The number of aliphatic hydroxyl groups is 1. The maximum atomic E-state index is 10.3. The second kappa shape index (κ2) is 4.46. The van der Waals surface area contributed by atoms with E-state index in [0.717, 1.165) is 12.8 Å².